The Hall–Kier alpha value is -2.63. The van der Waals surface area contributed by atoms with Crippen molar-refractivity contribution in [2.75, 3.05) is 5.32 Å². The van der Waals surface area contributed by atoms with Crippen LogP contribution in [0.4, 0.5) is 5.82 Å². The molecule has 0 radical (unpaired) electrons. The van der Waals surface area contributed by atoms with Crippen molar-refractivity contribution in [3.05, 3.63) is 41.9 Å². The first-order chi connectivity index (χ1) is 10.6. The number of imidazole rings is 1. The van der Waals surface area contributed by atoms with Gasteiger partial charge in [0.05, 0.1) is 16.7 Å². The quantitative estimate of drug-likeness (QED) is 0.803. The predicted octanol–water partition coefficient (Wildman–Crippen LogP) is 2.28. The molecule has 0 spiro atoms. The van der Waals surface area contributed by atoms with Crippen LogP contribution in [-0.4, -0.2) is 25.2 Å². The molecular weight excluding hydrogens is 278 g/mol. The maximum absolute atomic E-state index is 12.4. The van der Waals surface area contributed by atoms with Crippen LogP contribution in [0.3, 0.4) is 0 Å². The lowest BCUT2D eigenvalue weighted by Gasteiger charge is -2.09. The number of hydrogen-bond donors (Lipinski definition) is 1. The first kappa shape index (κ1) is 14.3. The number of benzene rings is 1. The van der Waals surface area contributed by atoms with E-state index in [9.17, 15) is 4.79 Å². The molecule has 0 aliphatic heterocycles. The third kappa shape index (κ3) is 2.59. The Morgan fingerprint density at radius 2 is 2.09 bits per heavy atom. The Labute approximate surface area is 128 Å². The number of fused-ring (bicyclic) bond motifs is 1. The van der Waals surface area contributed by atoms with Crippen LogP contribution in [-0.2, 0) is 24.8 Å². The van der Waals surface area contributed by atoms with Crippen molar-refractivity contribution >= 4 is 22.8 Å². The lowest BCUT2D eigenvalue weighted by molar-refractivity contribution is -0.116. The molecule has 0 aliphatic carbocycles. The number of aryl methyl sites for hydroxylation is 3. The van der Waals surface area contributed by atoms with Gasteiger partial charge >= 0.3 is 0 Å². The van der Waals surface area contributed by atoms with Crippen LogP contribution in [0.1, 0.15) is 18.4 Å². The van der Waals surface area contributed by atoms with Crippen LogP contribution >= 0.6 is 0 Å². The van der Waals surface area contributed by atoms with Gasteiger partial charge in [0, 0.05) is 19.5 Å². The van der Waals surface area contributed by atoms with Gasteiger partial charge in [0.2, 0.25) is 5.91 Å². The Bertz CT molecular complexity index is 830. The number of carbonyl (C=O) groups is 1. The molecule has 0 saturated carbocycles. The summed E-state index contributed by atoms with van der Waals surface area (Å²) in [5, 5.41) is 7.13. The van der Waals surface area contributed by atoms with Gasteiger partial charge in [0.1, 0.15) is 18.2 Å². The minimum atomic E-state index is -0.0825. The van der Waals surface area contributed by atoms with Crippen molar-refractivity contribution in [2.24, 2.45) is 7.05 Å². The number of anilines is 1. The third-order valence-corrected chi connectivity index (χ3v) is 3.62. The van der Waals surface area contributed by atoms with Crippen molar-refractivity contribution in [3.8, 4) is 0 Å². The van der Waals surface area contributed by atoms with Gasteiger partial charge in [-0.1, -0.05) is 19.1 Å². The van der Waals surface area contributed by atoms with Gasteiger partial charge < -0.3 is 9.88 Å². The number of aromatic nitrogens is 4. The van der Waals surface area contributed by atoms with Gasteiger partial charge in [-0.05, 0) is 19.1 Å². The molecule has 0 unspecified atom stereocenters. The standard InChI is InChI=1S/C16H19N5O/c1-4-14-17-12-7-5-6-8-13(12)21(14)10-16(22)18-15-9-11(2)19-20(15)3/h5-9H,4,10H2,1-3H3,(H,18,22). The number of hydrogen-bond acceptors (Lipinski definition) is 3. The second kappa shape index (κ2) is 5.63. The number of nitrogens with zero attached hydrogens (tertiary/aromatic N) is 4. The van der Waals surface area contributed by atoms with Gasteiger partial charge in [-0.25, -0.2) is 4.98 Å². The summed E-state index contributed by atoms with van der Waals surface area (Å²) in [7, 11) is 1.81. The minimum Gasteiger partial charge on any atom is -0.318 e. The second-order valence-electron chi connectivity index (χ2n) is 5.30. The topological polar surface area (TPSA) is 64.7 Å². The summed E-state index contributed by atoms with van der Waals surface area (Å²) in [6, 6.07) is 9.72. The highest BCUT2D eigenvalue weighted by Crippen LogP contribution is 2.17. The Balaban J connectivity index is 1.86. The first-order valence-electron chi connectivity index (χ1n) is 7.33. The summed E-state index contributed by atoms with van der Waals surface area (Å²) in [4.78, 5) is 16.9. The summed E-state index contributed by atoms with van der Waals surface area (Å²) in [5.74, 6) is 1.53. The molecule has 2 heterocycles. The molecule has 0 aliphatic rings. The highest BCUT2D eigenvalue weighted by atomic mass is 16.2. The molecule has 1 amide bonds. The SMILES string of the molecule is CCc1nc2ccccc2n1CC(=O)Nc1cc(C)nn1C. The first-order valence-corrected chi connectivity index (χ1v) is 7.33. The molecule has 0 atom stereocenters. The fourth-order valence-corrected chi connectivity index (χ4v) is 2.63. The van der Waals surface area contributed by atoms with Gasteiger partial charge in [0.25, 0.3) is 0 Å². The highest BCUT2D eigenvalue weighted by Gasteiger charge is 2.13. The molecule has 0 fully saturated rings. The van der Waals surface area contributed by atoms with Crippen molar-refractivity contribution in [1.82, 2.24) is 19.3 Å². The van der Waals surface area contributed by atoms with Crippen LogP contribution < -0.4 is 5.32 Å². The summed E-state index contributed by atoms with van der Waals surface area (Å²) < 4.78 is 3.63. The average molecular weight is 297 g/mol. The fourth-order valence-electron chi connectivity index (χ4n) is 2.63. The predicted molar refractivity (Wildman–Crippen MR) is 85.7 cm³/mol. The van der Waals surface area contributed by atoms with Crippen molar-refractivity contribution < 1.29 is 4.79 Å². The molecule has 0 saturated heterocycles. The maximum atomic E-state index is 12.4. The zero-order valence-electron chi connectivity index (χ0n) is 13.0. The van der Waals surface area contributed by atoms with E-state index in [4.69, 9.17) is 0 Å². The number of nitrogens with one attached hydrogen (secondary N) is 1. The lowest BCUT2D eigenvalue weighted by Crippen LogP contribution is -2.21. The second-order valence-corrected chi connectivity index (χ2v) is 5.30. The Morgan fingerprint density at radius 1 is 1.32 bits per heavy atom. The zero-order chi connectivity index (χ0) is 15.7. The van der Waals surface area contributed by atoms with Crippen LogP contribution in [0.15, 0.2) is 30.3 Å². The Kier molecular flexibility index (Phi) is 3.66. The zero-order valence-corrected chi connectivity index (χ0v) is 13.0. The molecule has 6 heteroatoms. The van der Waals surface area contributed by atoms with E-state index in [0.29, 0.717) is 5.82 Å². The van der Waals surface area contributed by atoms with Crippen LogP contribution in [0, 0.1) is 6.92 Å². The van der Waals surface area contributed by atoms with Crippen LogP contribution in [0.5, 0.6) is 0 Å². The summed E-state index contributed by atoms with van der Waals surface area (Å²) in [5.41, 5.74) is 2.78. The van der Waals surface area contributed by atoms with E-state index in [0.717, 1.165) is 29.0 Å². The van der Waals surface area contributed by atoms with E-state index in [1.807, 2.05) is 55.8 Å². The summed E-state index contributed by atoms with van der Waals surface area (Å²) in [6.07, 6.45) is 0.785. The Morgan fingerprint density at radius 3 is 2.77 bits per heavy atom. The van der Waals surface area contributed by atoms with E-state index in [1.54, 1.807) is 4.68 Å². The summed E-state index contributed by atoms with van der Waals surface area (Å²) in [6.45, 7) is 4.18. The molecule has 3 rings (SSSR count). The largest absolute Gasteiger partial charge is 0.318 e. The molecule has 1 aromatic carbocycles. The van der Waals surface area contributed by atoms with E-state index < -0.39 is 0 Å². The molecule has 3 aromatic rings. The van der Waals surface area contributed by atoms with E-state index in [2.05, 4.69) is 15.4 Å². The van der Waals surface area contributed by atoms with Crippen molar-refractivity contribution in [3.63, 3.8) is 0 Å². The van der Waals surface area contributed by atoms with E-state index in [1.165, 1.54) is 0 Å². The number of carbonyl (C=O) groups excluding carboxylic acids is 1. The molecular formula is C16H19N5O. The molecule has 6 nitrogen and oxygen atoms in total. The number of rotatable bonds is 4. The monoisotopic (exact) mass is 297 g/mol. The molecule has 2 aromatic heterocycles. The smallest absolute Gasteiger partial charge is 0.245 e. The molecule has 114 valence electrons. The van der Waals surface area contributed by atoms with Gasteiger partial charge in [-0.3, -0.25) is 9.48 Å². The average Bonchev–Trinajstić information content (AvgIpc) is 2.99. The van der Waals surface area contributed by atoms with Crippen molar-refractivity contribution in [1.29, 1.82) is 0 Å². The normalized spacial score (nSPS) is 11.0. The molecule has 0 bridgehead atoms. The van der Waals surface area contributed by atoms with Gasteiger partial charge in [-0.15, -0.1) is 0 Å². The van der Waals surface area contributed by atoms with E-state index >= 15 is 0 Å². The lowest BCUT2D eigenvalue weighted by atomic mass is 10.3. The highest BCUT2D eigenvalue weighted by molar-refractivity contribution is 5.91. The van der Waals surface area contributed by atoms with Crippen LogP contribution in [0.2, 0.25) is 0 Å². The van der Waals surface area contributed by atoms with Gasteiger partial charge in [-0.2, -0.15) is 5.10 Å². The third-order valence-electron chi connectivity index (χ3n) is 3.62. The fraction of sp³-hybridized carbons (Fsp3) is 0.312. The number of para-hydroxylation sites is 2. The number of amides is 1. The van der Waals surface area contributed by atoms with Crippen molar-refractivity contribution in [2.45, 2.75) is 26.8 Å². The maximum Gasteiger partial charge on any atom is 0.245 e. The van der Waals surface area contributed by atoms with Gasteiger partial charge in [0.15, 0.2) is 0 Å². The summed E-state index contributed by atoms with van der Waals surface area (Å²) >= 11 is 0. The van der Waals surface area contributed by atoms with Crippen LogP contribution in [0.25, 0.3) is 11.0 Å². The van der Waals surface area contributed by atoms with E-state index in [-0.39, 0.29) is 12.5 Å². The minimum absolute atomic E-state index is 0.0825. The molecule has 22 heavy (non-hydrogen) atoms. The molecule has 1 N–H and O–H groups in total.